The maximum atomic E-state index is 11.8. The molecule has 0 fully saturated rings. The number of amides is 1. The molecule has 102 valence electrons. The summed E-state index contributed by atoms with van der Waals surface area (Å²) in [5.41, 5.74) is 0.939. The summed E-state index contributed by atoms with van der Waals surface area (Å²) in [4.78, 5) is 11.8. The number of aryl methyl sites for hydroxylation is 1. The van der Waals surface area contributed by atoms with E-state index in [-0.39, 0.29) is 12.5 Å². The minimum atomic E-state index is -0.129. The Labute approximate surface area is 123 Å². The molecule has 8 heteroatoms. The van der Waals surface area contributed by atoms with E-state index in [1.54, 1.807) is 12.4 Å². The van der Waals surface area contributed by atoms with Crippen LogP contribution in [-0.4, -0.2) is 25.5 Å². The zero-order valence-corrected chi connectivity index (χ0v) is 12.6. The first-order valence-corrected chi connectivity index (χ1v) is 6.92. The first kappa shape index (κ1) is 14.1. The molecule has 0 saturated carbocycles. The van der Waals surface area contributed by atoms with Gasteiger partial charge in [0.05, 0.1) is 34.1 Å². The van der Waals surface area contributed by atoms with Gasteiger partial charge in [0.2, 0.25) is 5.91 Å². The maximum Gasteiger partial charge on any atom is 0.242 e. The summed E-state index contributed by atoms with van der Waals surface area (Å²) in [6.45, 7) is 3.31. The Hall–Kier alpha value is -1.34. The molecule has 0 aromatic carbocycles. The summed E-state index contributed by atoms with van der Waals surface area (Å²) < 4.78 is 4.20. The first-order chi connectivity index (χ1) is 9.10. The van der Waals surface area contributed by atoms with E-state index in [2.05, 4.69) is 31.4 Å². The van der Waals surface area contributed by atoms with Crippen molar-refractivity contribution in [3.05, 3.63) is 33.8 Å². The molecule has 0 aliphatic heterocycles. The maximum absolute atomic E-state index is 11.8. The zero-order chi connectivity index (χ0) is 13.8. The molecule has 0 spiro atoms. The quantitative estimate of drug-likeness (QED) is 0.898. The van der Waals surface area contributed by atoms with Crippen molar-refractivity contribution < 1.29 is 4.79 Å². The average molecular weight is 347 g/mol. The molecule has 2 aromatic rings. The number of hydrogen-bond acceptors (Lipinski definition) is 3. The molecule has 0 aliphatic rings. The van der Waals surface area contributed by atoms with Crippen LogP contribution in [-0.2, 0) is 24.4 Å². The van der Waals surface area contributed by atoms with Crippen LogP contribution < -0.4 is 5.32 Å². The molecule has 1 N–H and O–H groups in total. The van der Waals surface area contributed by atoms with Gasteiger partial charge in [-0.1, -0.05) is 11.6 Å². The molecular formula is C11H13BrClN5O. The number of hydrogen-bond donors (Lipinski definition) is 1. The van der Waals surface area contributed by atoms with Gasteiger partial charge in [0, 0.05) is 12.7 Å². The number of carbonyl (C=O) groups is 1. The monoisotopic (exact) mass is 345 g/mol. The van der Waals surface area contributed by atoms with E-state index in [0.29, 0.717) is 11.6 Å². The van der Waals surface area contributed by atoms with E-state index in [4.69, 9.17) is 11.6 Å². The normalized spacial score (nSPS) is 10.7. The minimum Gasteiger partial charge on any atom is -0.349 e. The van der Waals surface area contributed by atoms with Gasteiger partial charge in [0.25, 0.3) is 0 Å². The molecule has 2 heterocycles. The van der Waals surface area contributed by atoms with Crippen molar-refractivity contribution >= 4 is 33.4 Å². The van der Waals surface area contributed by atoms with Gasteiger partial charge in [-0.3, -0.25) is 14.2 Å². The van der Waals surface area contributed by atoms with Crippen molar-refractivity contribution in [3.63, 3.8) is 0 Å². The summed E-state index contributed by atoms with van der Waals surface area (Å²) in [7, 11) is 0. The Balaban J connectivity index is 1.91. The van der Waals surface area contributed by atoms with E-state index < -0.39 is 0 Å². The van der Waals surface area contributed by atoms with E-state index in [0.717, 1.165) is 16.7 Å². The highest BCUT2D eigenvalue weighted by atomic mass is 79.9. The minimum absolute atomic E-state index is 0.129. The Morgan fingerprint density at radius 2 is 2.26 bits per heavy atom. The number of rotatable bonds is 5. The van der Waals surface area contributed by atoms with Crippen LogP contribution in [0.2, 0.25) is 5.02 Å². The molecule has 0 radical (unpaired) electrons. The molecule has 0 aliphatic carbocycles. The average Bonchev–Trinajstić information content (AvgIpc) is 2.93. The topological polar surface area (TPSA) is 64.7 Å². The summed E-state index contributed by atoms with van der Waals surface area (Å²) in [6.07, 6.45) is 4.82. The van der Waals surface area contributed by atoms with Crippen LogP contribution in [0.5, 0.6) is 0 Å². The number of halogens is 2. The second-order valence-corrected chi connectivity index (χ2v) is 5.18. The Kier molecular flexibility index (Phi) is 4.60. The fraction of sp³-hybridized carbons (Fsp3) is 0.364. The third-order valence-electron chi connectivity index (χ3n) is 2.56. The molecule has 0 unspecified atom stereocenters. The summed E-state index contributed by atoms with van der Waals surface area (Å²) in [6, 6.07) is 0. The van der Waals surface area contributed by atoms with Crippen LogP contribution in [0.1, 0.15) is 12.6 Å². The highest BCUT2D eigenvalue weighted by molar-refractivity contribution is 9.10. The SMILES string of the molecule is CCn1ncc(Br)c1CNC(=O)Cn1cc(Cl)cn1. The summed E-state index contributed by atoms with van der Waals surface area (Å²) in [5.74, 6) is -0.129. The van der Waals surface area contributed by atoms with E-state index in [1.807, 2.05) is 11.6 Å². The Morgan fingerprint density at radius 3 is 2.89 bits per heavy atom. The van der Waals surface area contributed by atoms with E-state index in [9.17, 15) is 4.79 Å². The molecule has 2 rings (SSSR count). The van der Waals surface area contributed by atoms with Crippen LogP contribution in [0.3, 0.4) is 0 Å². The van der Waals surface area contributed by atoms with E-state index >= 15 is 0 Å². The number of nitrogens with zero attached hydrogens (tertiary/aromatic N) is 4. The largest absolute Gasteiger partial charge is 0.349 e. The molecule has 0 saturated heterocycles. The second kappa shape index (κ2) is 6.21. The van der Waals surface area contributed by atoms with Crippen LogP contribution >= 0.6 is 27.5 Å². The highest BCUT2D eigenvalue weighted by Gasteiger charge is 2.10. The van der Waals surface area contributed by atoms with E-state index in [1.165, 1.54) is 10.9 Å². The number of carbonyl (C=O) groups excluding carboxylic acids is 1. The van der Waals surface area contributed by atoms with Crippen molar-refractivity contribution in [2.75, 3.05) is 0 Å². The molecule has 0 atom stereocenters. The lowest BCUT2D eigenvalue weighted by Crippen LogP contribution is -2.28. The summed E-state index contributed by atoms with van der Waals surface area (Å²) >= 11 is 9.14. The smallest absolute Gasteiger partial charge is 0.242 e. The molecule has 6 nitrogen and oxygen atoms in total. The first-order valence-electron chi connectivity index (χ1n) is 5.75. The van der Waals surface area contributed by atoms with Gasteiger partial charge in [-0.2, -0.15) is 10.2 Å². The lowest BCUT2D eigenvalue weighted by atomic mass is 10.4. The van der Waals surface area contributed by atoms with Gasteiger partial charge in [-0.25, -0.2) is 0 Å². The van der Waals surface area contributed by atoms with Gasteiger partial charge in [-0.15, -0.1) is 0 Å². The van der Waals surface area contributed by atoms with Crippen molar-refractivity contribution in [3.8, 4) is 0 Å². The number of aromatic nitrogens is 4. The second-order valence-electron chi connectivity index (χ2n) is 3.89. The van der Waals surface area contributed by atoms with Crippen LogP contribution in [0.4, 0.5) is 0 Å². The van der Waals surface area contributed by atoms with Crippen LogP contribution in [0, 0.1) is 0 Å². The summed E-state index contributed by atoms with van der Waals surface area (Å²) in [5, 5.41) is 11.5. The van der Waals surface area contributed by atoms with Crippen LogP contribution in [0.15, 0.2) is 23.1 Å². The zero-order valence-electron chi connectivity index (χ0n) is 10.3. The van der Waals surface area contributed by atoms with Crippen molar-refractivity contribution in [1.82, 2.24) is 24.9 Å². The predicted octanol–water partition coefficient (Wildman–Crippen LogP) is 1.83. The fourth-order valence-corrected chi connectivity index (χ4v) is 2.24. The third kappa shape index (κ3) is 3.57. The van der Waals surface area contributed by atoms with Gasteiger partial charge >= 0.3 is 0 Å². The molecular weight excluding hydrogens is 334 g/mol. The molecule has 2 aromatic heterocycles. The van der Waals surface area contributed by atoms with Gasteiger partial charge in [-0.05, 0) is 22.9 Å². The Bertz CT molecular complexity index is 579. The van der Waals surface area contributed by atoms with Gasteiger partial charge < -0.3 is 5.32 Å². The predicted molar refractivity (Wildman–Crippen MR) is 74.7 cm³/mol. The highest BCUT2D eigenvalue weighted by Crippen LogP contribution is 2.15. The van der Waals surface area contributed by atoms with Gasteiger partial charge in [0.15, 0.2) is 0 Å². The molecule has 19 heavy (non-hydrogen) atoms. The molecule has 0 bridgehead atoms. The lowest BCUT2D eigenvalue weighted by molar-refractivity contribution is -0.122. The Morgan fingerprint density at radius 1 is 1.47 bits per heavy atom. The standard InChI is InChI=1S/C11H13BrClN5O/c1-2-18-10(9(12)4-16-18)5-14-11(19)7-17-6-8(13)3-15-17/h3-4,6H,2,5,7H2,1H3,(H,14,19). The van der Waals surface area contributed by atoms with Gasteiger partial charge in [0.1, 0.15) is 6.54 Å². The fourth-order valence-electron chi connectivity index (χ4n) is 1.65. The lowest BCUT2D eigenvalue weighted by Gasteiger charge is -2.08. The van der Waals surface area contributed by atoms with Crippen molar-refractivity contribution in [2.24, 2.45) is 0 Å². The molecule has 1 amide bonds. The van der Waals surface area contributed by atoms with Crippen LogP contribution in [0.25, 0.3) is 0 Å². The third-order valence-corrected chi connectivity index (χ3v) is 3.42. The van der Waals surface area contributed by atoms with Crippen molar-refractivity contribution in [1.29, 1.82) is 0 Å². The van der Waals surface area contributed by atoms with Crippen molar-refractivity contribution in [2.45, 2.75) is 26.6 Å². The number of nitrogens with one attached hydrogen (secondary N) is 1.